The molecule has 0 amide bonds. The van der Waals surface area contributed by atoms with Crippen molar-refractivity contribution < 1.29 is 19.8 Å². The summed E-state index contributed by atoms with van der Waals surface area (Å²) in [7, 11) is 0. The van der Waals surface area contributed by atoms with Gasteiger partial charge in [-0.3, -0.25) is 9.59 Å². The Morgan fingerprint density at radius 3 is 1.86 bits per heavy atom. The van der Waals surface area contributed by atoms with Gasteiger partial charge in [0.1, 0.15) is 5.41 Å². The van der Waals surface area contributed by atoms with E-state index in [1.54, 1.807) is 30.3 Å². The predicted molar refractivity (Wildman–Crippen MR) is 78.2 cm³/mol. The largest absolute Gasteiger partial charge is 0.481 e. The zero-order valence-corrected chi connectivity index (χ0v) is 11.4. The number of carboxylic acid groups (broad SMARTS) is 2. The molecule has 0 heterocycles. The molecule has 0 aliphatic heterocycles. The monoisotopic (exact) mass is 284 g/mol. The van der Waals surface area contributed by atoms with Crippen molar-refractivity contribution in [3.63, 3.8) is 0 Å². The van der Waals surface area contributed by atoms with Crippen LogP contribution in [0.25, 0.3) is 0 Å². The van der Waals surface area contributed by atoms with E-state index in [9.17, 15) is 19.8 Å². The van der Waals surface area contributed by atoms with Crippen LogP contribution in [0.15, 0.2) is 60.7 Å². The van der Waals surface area contributed by atoms with E-state index in [4.69, 9.17) is 0 Å². The van der Waals surface area contributed by atoms with E-state index >= 15 is 0 Å². The minimum Gasteiger partial charge on any atom is -0.481 e. The van der Waals surface area contributed by atoms with Crippen molar-refractivity contribution in [3.8, 4) is 0 Å². The van der Waals surface area contributed by atoms with Crippen LogP contribution in [-0.2, 0) is 21.4 Å². The Morgan fingerprint density at radius 2 is 1.38 bits per heavy atom. The Bertz CT molecular complexity index is 622. The first kappa shape index (κ1) is 14.8. The molecular formula is C17H16O4. The highest BCUT2D eigenvalue weighted by Gasteiger charge is 2.42. The van der Waals surface area contributed by atoms with Crippen molar-refractivity contribution in [2.45, 2.75) is 18.3 Å². The lowest BCUT2D eigenvalue weighted by atomic mass is 9.73. The lowest BCUT2D eigenvalue weighted by molar-refractivity contribution is -0.150. The van der Waals surface area contributed by atoms with Crippen LogP contribution in [0.1, 0.15) is 17.5 Å². The average Bonchev–Trinajstić information content (AvgIpc) is 2.48. The van der Waals surface area contributed by atoms with Crippen LogP contribution in [0.5, 0.6) is 0 Å². The summed E-state index contributed by atoms with van der Waals surface area (Å²) in [5.74, 6) is -2.25. The molecule has 0 saturated heterocycles. The maximum absolute atomic E-state index is 11.9. The Hall–Kier alpha value is -2.62. The Morgan fingerprint density at radius 1 is 0.857 bits per heavy atom. The summed E-state index contributed by atoms with van der Waals surface area (Å²) in [5.41, 5.74) is -0.164. The van der Waals surface area contributed by atoms with Crippen LogP contribution >= 0.6 is 0 Å². The molecule has 0 aromatic heterocycles. The molecule has 4 heteroatoms. The fourth-order valence-electron chi connectivity index (χ4n) is 2.50. The van der Waals surface area contributed by atoms with E-state index in [1.807, 2.05) is 30.3 Å². The van der Waals surface area contributed by atoms with Crippen LogP contribution < -0.4 is 0 Å². The number of aliphatic carboxylic acids is 2. The molecule has 4 nitrogen and oxygen atoms in total. The van der Waals surface area contributed by atoms with Crippen LogP contribution in [0, 0.1) is 0 Å². The van der Waals surface area contributed by atoms with E-state index in [1.165, 1.54) is 0 Å². The fourth-order valence-corrected chi connectivity index (χ4v) is 2.50. The summed E-state index contributed by atoms with van der Waals surface area (Å²) < 4.78 is 0. The minimum absolute atomic E-state index is 0.138. The van der Waals surface area contributed by atoms with E-state index in [-0.39, 0.29) is 6.42 Å². The topological polar surface area (TPSA) is 74.6 Å². The first-order chi connectivity index (χ1) is 10.0. The van der Waals surface area contributed by atoms with Gasteiger partial charge in [-0.2, -0.15) is 0 Å². The second-order valence-corrected chi connectivity index (χ2v) is 4.99. The van der Waals surface area contributed by atoms with Crippen LogP contribution in [-0.4, -0.2) is 22.2 Å². The minimum atomic E-state index is -1.46. The van der Waals surface area contributed by atoms with E-state index in [2.05, 4.69) is 0 Å². The third-order valence-corrected chi connectivity index (χ3v) is 3.54. The summed E-state index contributed by atoms with van der Waals surface area (Å²) in [6, 6.07) is 17.6. The summed E-state index contributed by atoms with van der Waals surface area (Å²) in [6.07, 6.45) is -0.319. The van der Waals surface area contributed by atoms with Gasteiger partial charge in [0.2, 0.25) is 0 Å². The van der Waals surface area contributed by atoms with Gasteiger partial charge in [0, 0.05) is 0 Å². The quantitative estimate of drug-likeness (QED) is 0.855. The lowest BCUT2D eigenvalue weighted by Gasteiger charge is -2.28. The molecule has 1 atom stereocenters. The van der Waals surface area contributed by atoms with Crippen molar-refractivity contribution in [2.24, 2.45) is 0 Å². The van der Waals surface area contributed by atoms with Gasteiger partial charge in [0.25, 0.3) is 0 Å². The molecule has 2 aromatic carbocycles. The van der Waals surface area contributed by atoms with Crippen LogP contribution in [0.2, 0.25) is 0 Å². The highest BCUT2D eigenvalue weighted by Crippen LogP contribution is 2.32. The van der Waals surface area contributed by atoms with E-state index in [0.29, 0.717) is 5.56 Å². The number of rotatable bonds is 6. The second kappa shape index (κ2) is 6.22. The van der Waals surface area contributed by atoms with Gasteiger partial charge in [-0.1, -0.05) is 60.7 Å². The molecule has 0 spiro atoms. The van der Waals surface area contributed by atoms with Gasteiger partial charge >= 0.3 is 11.9 Å². The molecule has 0 aliphatic carbocycles. The summed E-state index contributed by atoms with van der Waals surface area (Å²) >= 11 is 0. The molecule has 0 aliphatic rings. The highest BCUT2D eigenvalue weighted by atomic mass is 16.4. The molecule has 0 bridgehead atoms. The van der Waals surface area contributed by atoms with Gasteiger partial charge in [0.05, 0.1) is 6.42 Å². The van der Waals surface area contributed by atoms with Crippen molar-refractivity contribution in [1.29, 1.82) is 0 Å². The smallest absolute Gasteiger partial charge is 0.315 e. The van der Waals surface area contributed by atoms with E-state index in [0.717, 1.165) is 5.56 Å². The zero-order valence-electron chi connectivity index (χ0n) is 11.4. The summed E-state index contributed by atoms with van der Waals surface area (Å²) in [4.78, 5) is 23.1. The Kier molecular flexibility index (Phi) is 4.38. The number of carbonyl (C=O) groups is 2. The first-order valence-electron chi connectivity index (χ1n) is 6.59. The standard InChI is InChI=1S/C17H16O4/c18-15(19)12-17(16(20)21,14-9-5-2-6-10-14)11-13-7-3-1-4-8-13/h1-10H,11-12H2,(H,18,19)(H,20,21)/t17-/m0/s1. The number of benzene rings is 2. The van der Waals surface area contributed by atoms with Crippen LogP contribution in [0.3, 0.4) is 0 Å². The maximum Gasteiger partial charge on any atom is 0.315 e. The molecule has 2 N–H and O–H groups in total. The van der Waals surface area contributed by atoms with Crippen molar-refractivity contribution in [3.05, 3.63) is 71.8 Å². The summed E-state index contributed by atoms with van der Waals surface area (Å²) in [6.45, 7) is 0. The lowest BCUT2D eigenvalue weighted by Crippen LogP contribution is -2.40. The SMILES string of the molecule is O=C(O)C[C@](Cc1ccccc1)(C(=O)O)c1ccccc1. The summed E-state index contributed by atoms with van der Waals surface area (Å²) in [5, 5.41) is 18.9. The number of hydrogen-bond acceptors (Lipinski definition) is 2. The molecule has 2 rings (SSSR count). The molecule has 0 saturated carbocycles. The normalized spacial score (nSPS) is 13.3. The Balaban J connectivity index is 2.51. The third kappa shape index (κ3) is 3.28. The van der Waals surface area contributed by atoms with E-state index < -0.39 is 23.8 Å². The third-order valence-electron chi connectivity index (χ3n) is 3.54. The van der Waals surface area contributed by atoms with Crippen molar-refractivity contribution in [1.82, 2.24) is 0 Å². The molecule has 0 fully saturated rings. The number of hydrogen-bond donors (Lipinski definition) is 2. The molecule has 2 aromatic rings. The van der Waals surface area contributed by atoms with Gasteiger partial charge in [-0.25, -0.2) is 0 Å². The van der Waals surface area contributed by atoms with Gasteiger partial charge < -0.3 is 10.2 Å². The molecule has 0 unspecified atom stereocenters. The fraction of sp³-hybridized carbons (Fsp3) is 0.176. The predicted octanol–water partition coefficient (Wildman–Crippen LogP) is 2.73. The van der Waals surface area contributed by atoms with Gasteiger partial charge in [0.15, 0.2) is 0 Å². The van der Waals surface area contributed by atoms with Crippen molar-refractivity contribution in [2.75, 3.05) is 0 Å². The van der Waals surface area contributed by atoms with Gasteiger partial charge in [-0.15, -0.1) is 0 Å². The first-order valence-corrected chi connectivity index (χ1v) is 6.59. The Labute approximate surface area is 122 Å². The second-order valence-electron chi connectivity index (χ2n) is 4.99. The average molecular weight is 284 g/mol. The highest BCUT2D eigenvalue weighted by molar-refractivity contribution is 5.87. The zero-order chi connectivity index (χ0) is 15.3. The molecule has 0 radical (unpaired) electrons. The molecular weight excluding hydrogens is 268 g/mol. The maximum atomic E-state index is 11.9. The van der Waals surface area contributed by atoms with Crippen molar-refractivity contribution >= 4 is 11.9 Å². The molecule has 108 valence electrons. The molecule has 21 heavy (non-hydrogen) atoms. The van der Waals surface area contributed by atoms with Crippen LogP contribution in [0.4, 0.5) is 0 Å². The number of carboxylic acids is 2. The van der Waals surface area contributed by atoms with Gasteiger partial charge in [-0.05, 0) is 17.5 Å².